The van der Waals surface area contributed by atoms with Crippen molar-refractivity contribution in [3.63, 3.8) is 0 Å². The second-order valence-corrected chi connectivity index (χ2v) is 7.96. The van der Waals surface area contributed by atoms with Crippen LogP contribution in [0.15, 0.2) is 21.7 Å². The molecule has 0 N–H and O–H groups in total. The second-order valence-electron chi connectivity index (χ2n) is 4.89. The lowest BCUT2D eigenvalue weighted by Crippen LogP contribution is -2.38. The first-order chi connectivity index (χ1) is 9.46. The quantitative estimate of drug-likeness (QED) is 0.723. The normalized spacial score (nSPS) is 17.1. The van der Waals surface area contributed by atoms with E-state index in [1.807, 2.05) is 0 Å². The zero-order valence-electron chi connectivity index (χ0n) is 11.6. The van der Waals surface area contributed by atoms with Crippen LogP contribution in [0.1, 0.15) is 26.7 Å². The van der Waals surface area contributed by atoms with E-state index in [1.165, 1.54) is 15.6 Å². The number of rotatable bonds is 7. The van der Waals surface area contributed by atoms with Crippen LogP contribution in [0.5, 0.6) is 0 Å². The summed E-state index contributed by atoms with van der Waals surface area (Å²) in [5.74, 6) is -0.801. The van der Waals surface area contributed by atoms with Crippen molar-refractivity contribution < 1.29 is 17.9 Å². The molecule has 20 heavy (non-hydrogen) atoms. The molecular formula is C13H19NO4S2. The molecule has 1 aliphatic rings. The number of carbonyl (C=O) groups excluding carboxylic acids is 1. The van der Waals surface area contributed by atoms with E-state index in [9.17, 15) is 13.2 Å². The molecule has 112 valence electrons. The summed E-state index contributed by atoms with van der Waals surface area (Å²) in [6.07, 6.45) is 1.72. The maximum atomic E-state index is 12.6. The van der Waals surface area contributed by atoms with Crippen molar-refractivity contribution in [2.75, 3.05) is 13.2 Å². The summed E-state index contributed by atoms with van der Waals surface area (Å²) in [7, 11) is -3.49. The van der Waals surface area contributed by atoms with Crippen LogP contribution in [0.3, 0.4) is 0 Å². The molecule has 1 aliphatic carbocycles. The smallest absolute Gasteiger partial charge is 0.309 e. The van der Waals surface area contributed by atoms with E-state index in [0.717, 1.165) is 12.8 Å². The largest absolute Gasteiger partial charge is 0.466 e. The van der Waals surface area contributed by atoms with Gasteiger partial charge in [0.1, 0.15) is 4.21 Å². The molecule has 1 aromatic rings. The molecule has 7 heteroatoms. The van der Waals surface area contributed by atoms with Crippen LogP contribution in [0.2, 0.25) is 0 Å². The molecule has 0 spiro atoms. The van der Waals surface area contributed by atoms with Gasteiger partial charge >= 0.3 is 5.97 Å². The summed E-state index contributed by atoms with van der Waals surface area (Å²) < 4.78 is 31.9. The third-order valence-electron chi connectivity index (χ3n) is 3.15. The van der Waals surface area contributed by atoms with Gasteiger partial charge in [0.05, 0.1) is 12.5 Å². The highest BCUT2D eigenvalue weighted by Crippen LogP contribution is 2.34. The van der Waals surface area contributed by atoms with Gasteiger partial charge in [-0.05, 0) is 31.2 Å². The van der Waals surface area contributed by atoms with Gasteiger partial charge in [-0.3, -0.25) is 4.79 Å². The Labute approximate surface area is 123 Å². The standard InChI is InChI=1S/C13H19NO4S2/c1-3-18-13(15)10(2)9-14(11-6-7-11)20(16,17)12-5-4-8-19-12/h4-5,8,10-11H,3,6-7,9H2,1-2H3. The summed E-state index contributed by atoms with van der Waals surface area (Å²) in [5.41, 5.74) is 0. The van der Waals surface area contributed by atoms with Gasteiger partial charge in [-0.2, -0.15) is 4.31 Å². The highest BCUT2D eigenvalue weighted by atomic mass is 32.2. The molecule has 5 nitrogen and oxygen atoms in total. The van der Waals surface area contributed by atoms with Crippen LogP contribution < -0.4 is 0 Å². The van der Waals surface area contributed by atoms with Crippen molar-refractivity contribution in [3.05, 3.63) is 17.5 Å². The Morgan fingerprint density at radius 2 is 2.25 bits per heavy atom. The van der Waals surface area contributed by atoms with Crippen molar-refractivity contribution in [2.24, 2.45) is 5.92 Å². The summed E-state index contributed by atoms with van der Waals surface area (Å²) in [4.78, 5) is 11.7. The van der Waals surface area contributed by atoms with Gasteiger partial charge in [-0.15, -0.1) is 11.3 Å². The molecule has 0 bridgehead atoms. The Morgan fingerprint density at radius 3 is 2.75 bits per heavy atom. The molecule has 0 saturated heterocycles. The van der Waals surface area contributed by atoms with E-state index in [1.54, 1.807) is 31.4 Å². The van der Waals surface area contributed by atoms with E-state index in [2.05, 4.69) is 0 Å². The number of nitrogens with zero attached hydrogens (tertiary/aromatic N) is 1. The molecule has 1 fully saturated rings. The first kappa shape index (κ1) is 15.5. The highest BCUT2D eigenvalue weighted by Gasteiger charge is 2.40. The lowest BCUT2D eigenvalue weighted by atomic mass is 10.2. The number of sulfonamides is 1. The Hall–Kier alpha value is -0.920. The van der Waals surface area contributed by atoms with E-state index in [-0.39, 0.29) is 18.6 Å². The van der Waals surface area contributed by atoms with E-state index in [4.69, 9.17) is 4.74 Å². The number of hydrogen-bond acceptors (Lipinski definition) is 5. The summed E-state index contributed by atoms with van der Waals surface area (Å²) in [5, 5.41) is 1.74. The number of hydrogen-bond donors (Lipinski definition) is 0. The maximum Gasteiger partial charge on any atom is 0.309 e. The molecule has 0 aliphatic heterocycles. The molecular weight excluding hydrogens is 298 g/mol. The molecule has 1 heterocycles. The van der Waals surface area contributed by atoms with Gasteiger partial charge in [0.2, 0.25) is 0 Å². The SMILES string of the molecule is CCOC(=O)C(C)CN(C1CC1)S(=O)(=O)c1cccs1. The minimum atomic E-state index is -3.49. The van der Waals surface area contributed by atoms with Crippen LogP contribution in [0, 0.1) is 5.92 Å². The molecule has 0 aromatic carbocycles. The molecule has 2 rings (SSSR count). The average molecular weight is 317 g/mol. The van der Waals surface area contributed by atoms with Crippen molar-refractivity contribution in [3.8, 4) is 0 Å². The monoisotopic (exact) mass is 317 g/mol. The fourth-order valence-corrected chi connectivity index (χ4v) is 4.85. The van der Waals surface area contributed by atoms with E-state index < -0.39 is 15.9 Å². The maximum absolute atomic E-state index is 12.6. The summed E-state index contributed by atoms with van der Waals surface area (Å²) in [6.45, 7) is 3.94. The molecule has 1 saturated carbocycles. The predicted molar refractivity (Wildman–Crippen MR) is 77.0 cm³/mol. The minimum Gasteiger partial charge on any atom is -0.466 e. The van der Waals surface area contributed by atoms with Crippen molar-refractivity contribution in [1.82, 2.24) is 4.31 Å². The molecule has 0 amide bonds. The van der Waals surface area contributed by atoms with Gasteiger partial charge in [-0.25, -0.2) is 8.42 Å². The number of thiophene rings is 1. The fourth-order valence-electron chi connectivity index (χ4n) is 1.96. The predicted octanol–water partition coefficient (Wildman–Crippen LogP) is 2.10. The topological polar surface area (TPSA) is 63.7 Å². The Balaban J connectivity index is 2.14. The molecule has 1 atom stereocenters. The lowest BCUT2D eigenvalue weighted by Gasteiger charge is -2.23. The van der Waals surface area contributed by atoms with Gasteiger partial charge in [0.25, 0.3) is 10.0 Å². The van der Waals surface area contributed by atoms with Gasteiger partial charge in [0, 0.05) is 12.6 Å². The van der Waals surface area contributed by atoms with Crippen LogP contribution in [-0.2, 0) is 19.6 Å². The first-order valence-electron chi connectivity index (χ1n) is 6.68. The average Bonchev–Trinajstić information content (AvgIpc) is 3.07. The zero-order valence-corrected chi connectivity index (χ0v) is 13.2. The van der Waals surface area contributed by atoms with E-state index >= 15 is 0 Å². The lowest BCUT2D eigenvalue weighted by molar-refractivity contribution is -0.147. The van der Waals surface area contributed by atoms with Gasteiger partial charge < -0.3 is 4.74 Å². The Morgan fingerprint density at radius 1 is 1.55 bits per heavy atom. The molecule has 1 unspecified atom stereocenters. The van der Waals surface area contributed by atoms with Crippen LogP contribution in [-0.4, -0.2) is 37.9 Å². The summed E-state index contributed by atoms with van der Waals surface area (Å²) in [6, 6.07) is 3.35. The van der Waals surface area contributed by atoms with Gasteiger partial charge in [-0.1, -0.05) is 13.0 Å². The Kier molecular flexibility index (Phi) is 4.82. The zero-order chi connectivity index (χ0) is 14.8. The minimum absolute atomic E-state index is 0.0268. The molecule has 1 aromatic heterocycles. The molecule has 0 radical (unpaired) electrons. The van der Waals surface area contributed by atoms with Gasteiger partial charge in [0.15, 0.2) is 0 Å². The first-order valence-corrected chi connectivity index (χ1v) is 9.00. The van der Waals surface area contributed by atoms with Crippen LogP contribution in [0.25, 0.3) is 0 Å². The second kappa shape index (κ2) is 6.24. The van der Waals surface area contributed by atoms with E-state index in [0.29, 0.717) is 10.8 Å². The van der Waals surface area contributed by atoms with Crippen molar-refractivity contribution in [1.29, 1.82) is 0 Å². The number of carbonyl (C=O) groups is 1. The number of esters is 1. The van der Waals surface area contributed by atoms with Crippen molar-refractivity contribution >= 4 is 27.3 Å². The van der Waals surface area contributed by atoms with Crippen LogP contribution >= 0.6 is 11.3 Å². The Bertz CT molecular complexity index is 549. The summed E-state index contributed by atoms with van der Waals surface area (Å²) >= 11 is 1.20. The number of ether oxygens (including phenoxy) is 1. The van der Waals surface area contributed by atoms with Crippen molar-refractivity contribution in [2.45, 2.75) is 36.9 Å². The fraction of sp³-hybridized carbons (Fsp3) is 0.615. The highest BCUT2D eigenvalue weighted by molar-refractivity contribution is 7.91. The third kappa shape index (κ3) is 3.39. The van der Waals surface area contributed by atoms with Crippen LogP contribution in [0.4, 0.5) is 0 Å². The third-order valence-corrected chi connectivity index (χ3v) is 6.45.